The normalized spacial score (nSPS) is 20.9. The Balaban J connectivity index is 1.37. The first-order valence-electron chi connectivity index (χ1n) is 10.4. The van der Waals surface area contributed by atoms with Crippen molar-refractivity contribution in [2.45, 2.75) is 44.0 Å². The number of aromatic nitrogens is 2. The summed E-state index contributed by atoms with van der Waals surface area (Å²) < 4.78 is 14.8. The Morgan fingerprint density at radius 2 is 1.94 bits per heavy atom. The van der Waals surface area contributed by atoms with E-state index in [2.05, 4.69) is 36.2 Å². The monoisotopic (exact) mass is 476 g/mol. The molecule has 1 fully saturated rings. The molecule has 3 aromatic rings. The van der Waals surface area contributed by atoms with Crippen LogP contribution in [0.1, 0.15) is 23.1 Å². The van der Waals surface area contributed by atoms with Gasteiger partial charge in [0.1, 0.15) is 0 Å². The first kappa shape index (κ1) is 22.7. The van der Waals surface area contributed by atoms with Crippen molar-refractivity contribution in [3.8, 4) is 0 Å². The molecule has 0 N–H and O–H groups in total. The van der Waals surface area contributed by atoms with Gasteiger partial charge < -0.3 is 14.0 Å². The van der Waals surface area contributed by atoms with Crippen molar-refractivity contribution >= 4 is 35.0 Å². The number of nitrogens with zero attached hydrogens (tertiary/aromatic N) is 2. The van der Waals surface area contributed by atoms with E-state index in [0.717, 1.165) is 29.9 Å². The topological polar surface area (TPSA) is 36.3 Å². The van der Waals surface area contributed by atoms with Crippen LogP contribution in [0, 0.1) is 6.92 Å². The van der Waals surface area contributed by atoms with Gasteiger partial charge >= 0.3 is 0 Å². The predicted molar refractivity (Wildman–Crippen MR) is 128 cm³/mol. The van der Waals surface area contributed by atoms with Crippen LogP contribution >= 0.6 is 35.0 Å². The number of ether oxygens (including phenoxy) is 2. The molecule has 0 spiro atoms. The molecule has 2 aromatic carbocycles. The van der Waals surface area contributed by atoms with Crippen LogP contribution in [-0.2, 0) is 28.2 Å². The van der Waals surface area contributed by atoms with Crippen LogP contribution in [0.3, 0.4) is 0 Å². The summed E-state index contributed by atoms with van der Waals surface area (Å²) in [5, 5.41) is 1.41. The van der Waals surface area contributed by atoms with Crippen molar-refractivity contribution in [1.29, 1.82) is 0 Å². The molecular formula is C24H26Cl2N2O2S. The number of thioether (sulfide) groups is 1. The van der Waals surface area contributed by atoms with E-state index in [1.165, 1.54) is 11.1 Å². The maximum Gasteiger partial charge on any atom is 0.187 e. The van der Waals surface area contributed by atoms with Crippen molar-refractivity contribution in [2.24, 2.45) is 0 Å². The number of aryl methyl sites for hydroxylation is 2. The van der Waals surface area contributed by atoms with Gasteiger partial charge in [-0.05, 0) is 36.6 Å². The van der Waals surface area contributed by atoms with Gasteiger partial charge in [-0.2, -0.15) is 11.8 Å². The molecule has 0 saturated carbocycles. The van der Waals surface area contributed by atoms with Crippen LogP contribution in [0.4, 0.5) is 0 Å². The Hall–Kier alpha value is -1.50. The van der Waals surface area contributed by atoms with Crippen LogP contribution in [0.5, 0.6) is 0 Å². The van der Waals surface area contributed by atoms with Crippen LogP contribution in [0.15, 0.2) is 61.2 Å². The molecule has 0 bridgehead atoms. The highest BCUT2D eigenvalue weighted by Crippen LogP contribution is 2.34. The van der Waals surface area contributed by atoms with Crippen LogP contribution in [0.25, 0.3) is 0 Å². The zero-order valence-corrected chi connectivity index (χ0v) is 19.8. The smallest absolute Gasteiger partial charge is 0.187 e. The maximum atomic E-state index is 6.51. The van der Waals surface area contributed by atoms with Gasteiger partial charge in [-0.15, -0.1) is 0 Å². The van der Waals surface area contributed by atoms with Gasteiger partial charge in [-0.1, -0.05) is 59.1 Å². The van der Waals surface area contributed by atoms with E-state index >= 15 is 0 Å². The Bertz CT molecular complexity index is 962. The molecule has 2 heterocycles. The quantitative estimate of drug-likeness (QED) is 0.369. The summed E-state index contributed by atoms with van der Waals surface area (Å²) in [6.07, 6.45) is 7.23. The predicted octanol–water partition coefficient (Wildman–Crippen LogP) is 6.18. The van der Waals surface area contributed by atoms with Gasteiger partial charge in [0.2, 0.25) is 0 Å². The second-order valence-corrected chi connectivity index (χ2v) is 9.74. The highest BCUT2D eigenvalue weighted by atomic mass is 35.5. The molecule has 4 nitrogen and oxygen atoms in total. The Morgan fingerprint density at radius 3 is 2.65 bits per heavy atom. The number of benzene rings is 2. The van der Waals surface area contributed by atoms with Gasteiger partial charge in [0.15, 0.2) is 5.79 Å². The number of hydrogen-bond acceptors (Lipinski definition) is 4. The Labute approximate surface area is 197 Å². The minimum absolute atomic E-state index is 0.0211. The van der Waals surface area contributed by atoms with E-state index in [4.69, 9.17) is 32.7 Å². The summed E-state index contributed by atoms with van der Waals surface area (Å²) in [6, 6.07) is 14.3. The minimum atomic E-state index is -0.654. The van der Waals surface area contributed by atoms with Gasteiger partial charge in [-0.25, -0.2) is 4.98 Å². The summed E-state index contributed by atoms with van der Waals surface area (Å²) >= 11 is 14.4. The lowest BCUT2D eigenvalue weighted by Crippen LogP contribution is -2.37. The second-order valence-electron chi connectivity index (χ2n) is 7.90. The highest BCUT2D eigenvalue weighted by Gasteiger charge is 2.41. The van der Waals surface area contributed by atoms with E-state index in [0.29, 0.717) is 23.2 Å². The van der Waals surface area contributed by atoms with Crippen LogP contribution < -0.4 is 0 Å². The Kier molecular flexibility index (Phi) is 7.62. The molecule has 1 aliphatic rings. The summed E-state index contributed by atoms with van der Waals surface area (Å²) in [4.78, 5) is 4.16. The minimum Gasteiger partial charge on any atom is -0.345 e. The fourth-order valence-corrected chi connectivity index (χ4v) is 5.45. The van der Waals surface area contributed by atoms with Crippen LogP contribution in [0.2, 0.25) is 10.0 Å². The maximum absolute atomic E-state index is 6.51. The van der Waals surface area contributed by atoms with Crippen molar-refractivity contribution in [3.63, 3.8) is 0 Å². The third-order valence-corrected chi connectivity index (χ3v) is 7.23. The molecule has 7 heteroatoms. The molecule has 164 valence electrons. The lowest BCUT2D eigenvalue weighted by Gasteiger charge is -2.28. The zero-order valence-electron chi connectivity index (χ0n) is 17.5. The van der Waals surface area contributed by atoms with Crippen molar-refractivity contribution in [2.75, 3.05) is 12.4 Å². The fourth-order valence-electron chi connectivity index (χ4n) is 3.70. The Morgan fingerprint density at radius 1 is 1.16 bits per heavy atom. The van der Waals surface area contributed by atoms with E-state index < -0.39 is 5.79 Å². The van der Waals surface area contributed by atoms with Gasteiger partial charge in [0.05, 0.1) is 25.6 Å². The molecule has 1 aromatic heterocycles. The molecule has 1 aliphatic heterocycles. The summed E-state index contributed by atoms with van der Waals surface area (Å²) in [7, 11) is 0. The largest absolute Gasteiger partial charge is 0.345 e. The fraction of sp³-hybridized carbons (Fsp3) is 0.375. The number of halogens is 2. The molecule has 31 heavy (non-hydrogen) atoms. The molecular weight excluding hydrogens is 451 g/mol. The lowest BCUT2D eigenvalue weighted by atomic mass is 10.0. The lowest BCUT2D eigenvalue weighted by molar-refractivity contribution is -0.180. The molecule has 0 amide bonds. The molecule has 0 aliphatic carbocycles. The standard InChI is InChI=1S/C24H26Cl2N2O2S/c1-18-5-7-19(8-6-18)9-10-24(16-28-12-11-27-17-28)29-13-20(30-24)14-31-15-21-22(25)3-2-4-23(21)26/h2-8,11-12,17,20H,9-10,13-16H2,1H3. The SMILES string of the molecule is Cc1ccc(CCC2(Cn3ccnc3)OCC(CSCc3c(Cl)cccc3Cl)O2)cc1. The van der Waals surface area contributed by atoms with Crippen molar-refractivity contribution in [3.05, 3.63) is 87.9 Å². The third-order valence-electron chi connectivity index (χ3n) is 5.42. The number of rotatable bonds is 9. The first-order chi connectivity index (χ1) is 15.0. The van der Waals surface area contributed by atoms with Gasteiger partial charge in [-0.3, -0.25) is 0 Å². The van der Waals surface area contributed by atoms with Crippen LogP contribution in [-0.4, -0.2) is 33.8 Å². The van der Waals surface area contributed by atoms with E-state index in [1.54, 1.807) is 18.0 Å². The van der Waals surface area contributed by atoms with Crippen molar-refractivity contribution in [1.82, 2.24) is 9.55 Å². The molecule has 2 atom stereocenters. The second kappa shape index (κ2) is 10.4. The first-order valence-corrected chi connectivity index (χ1v) is 12.3. The average Bonchev–Trinajstić information content (AvgIpc) is 3.41. The van der Waals surface area contributed by atoms with E-state index in [1.807, 2.05) is 35.3 Å². The highest BCUT2D eigenvalue weighted by molar-refractivity contribution is 7.98. The summed E-state index contributed by atoms with van der Waals surface area (Å²) in [5.74, 6) is 0.910. The molecule has 1 saturated heterocycles. The van der Waals surface area contributed by atoms with E-state index in [-0.39, 0.29) is 6.10 Å². The molecule has 4 rings (SSSR count). The third kappa shape index (κ3) is 6.05. The molecule has 2 unspecified atom stereocenters. The average molecular weight is 477 g/mol. The zero-order chi connectivity index (χ0) is 21.7. The van der Waals surface area contributed by atoms with Crippen molar-refractivity contribution < 1.29 is 9.47 Å². The number of hydrogen-bond donors (Lipinski definition) is 0. The van der Waals surface area contributed by atoms with E-state index in [9.17, 15) is 0 Å². The summed E-state index contributed by atoms with van der Waals surface area (Å²) in [6.45, 7) is 3.30. The molecule has 0 radical (unpaired) electrons. The van der Waals surface area contributed by atoms with Gasteiger partial charge in [0, 0.05) is 40.4 Å². The summed E-state index contributed by atoms with van der Waals surface area (Å²) in [5.41, 5.74) is 3.52. The van der Waals surface area contributed by atoms with Gasteiger partial charge in [0.25, 0.3) is 0 Å². The number of imidazole rings is 1.